The molecule has 1 fully saturated rings. The molecule has 0 aromatic heterocycles. The molecule has 5 nitrogen and oxygen atoms in total. The first kappa shape index (κ1) is 14.0. The van der Waals surface area contributed by atoms with E-state index in [0.717, 1.165) is 19.4 Å². The Morgan fingerprint density at radius 3 is 2.59 bits per heavy atom. The summed E-state index contributed by atoms with van der Waals surface area (Å²) < 4.78 is 4.69. The first-order valence-electron chi connectivity index (χ1n) is 6.15. The van der Waals surface area contributed by atoms with E-state index in [-0.39, 0.29) is 23.7 Å². The van der Waals surface area contributed by atoms with E-state index in [2.05, 4.69) is 10.6 Å². The molecule has 1 heterocycles. The van der Waals surface area contributed by atoms with Gasteiger partial charge in [0.15, 0.2) is 0 Å². The van der Waals surface area contributed by atoms with Gasteiger partial charge in [0, 0.05) is 6.54 Å². The van der Waals surface area contributed by atoms with Crippen molar-refractivity contribution in [2.45, 2.75) is 32.7 Å². The highest BCUT2D eigenvalue weighted by Crippen LogP contribution is 2.12. The minimum atomic E-state index is -0.547. The van der Waals surface area contributed by atoms with Crippen LogP contribution < -0.4 is 10.6 Å². The van der Waals surface area contributed by atoms with Crippen LogP contribution in [0, 0.1) is 11.8 Å². The number of carbonyl (C=O) groups is 2. The number of nitrogens with one attached hydrogen (secondary N) is 2. The van der Waals surface area contributed by atoms with Crippen molar-refractivity contribution < 1.29 is 14.3 Å². The standard InChI is InChI=1S/C12H22N2O3/c1-8(2)10(12(16)17-3)14-11(15)9-5-4-6-13-7-9/h8-10,13H,4-7H2,1-3H3,(H,14,15)/t9-,10?/m1/s1. The van der Waals surface area contributed by atoms with E-state index in [0.29, 0.717) is 6.54 Å². The van der Waals surface area contributed by atoms with Crippen molar-refractivity contribution in [3.05, 3.63) is 0 Å². The molecule has 98 valence electrons. The summed E-state index contributed by atoms with van der Waals surface area (Å²) in [5.41, 5.74) is 0. The summed E-state index contributed by atoms with van der Waals surface area (Å²) in [7, 11) is 1.34. The van der Waals surface area contributed by atoms with Crippen molar-refractivity contribution in [1.82, 2.24) is 10.6 Å². The smallest absolute Gasteiger partial charge is 0.328 e. The van der Waals surface area contributed by atoms with Gasteiger partial charge in [-0.15, -0.1) is 0 Å². The Morgan fingerprint density at radius 1 is 1.41 bits per heavy atom. The molecule has 1 aliphatic heterocycles. The van der Waals surface area contributed by atoms with Gasteiger partial charge in [-0.05, 0) is 25.3 Å². The van der Waals surface area contributed by atoms with Crippen LogP contribution in [-0.4, -0.2) is 38.1 Å². The molecule has 2 atom stereocenters. The van der Waals surface area contributed by atoms with Crippen molar-refractivity contribution in [2.24, 2.45) is 11.8 Å². The predicted octanol–water partition coefficient (Wildman–Crippen LogP) is 0.300. The molecule has 2 N–H and O–H groups in total. The highest BCUT2D eigenvalue weighted by Gasteiger charge is 2.28. The van der Waals surface area contributed by atoms with Crippen molar-refractivity contribution in [1.29, 1.82) is 0 Å². The van der Waals surface area contributed by atoms with E-state index in [4.69, 9.17) is 4.74 Å². The van der Waals surface area contributed by atoms with Crippen LogP contribution in [0.25, 0.3) is 0 Å². The molecular formula is C12H22N2O3. The van der Waals surface area contributed by atoms with Crippen LogP contribution in [0.2, 0.25) is 0 Å². The molecule has 1 rings (SSSR count). The van der Waals surface area contributed by atoms with Crippen LogP contribution in [0.5, 0.6) is 0 Å². The predicted molar refractivity (Wildman–Crippen MR) is 64.4 cm³/mol. The number of piperidine rings is 1. The Kier molecular flexibility index (Phi) is 5.41. The van der Waals surface area contributed by atoms with Crippen molar-refractivity contribution in [3.8, 4) is 0 Å². The Labute approximate surface area is 102 Å². The zero-order valence-corrected chi connectivity index (χ0v) is 10.8. The largest absolute Gasteiger partial charge is 0.467 e. The summed E-state index contributed by atoms with van der Waals surface area (Å²) in [6.07, 6.45) is 1.88. The Balaban J connectivity index is 2.54. The molecule has 0 aromatic rings. The average Bonchev–Trinajstić information content (AvgIpc) is 2.35. The molecule has 0 bridgehead atoms. The molecule has 0 saturated carbocycles. The maximum atomic E-state index is 12.0. The fraction of sp³-hybridized carbons (Fsp3) is 0.833. The van der Waals surface area contributed by atoms with Crippen LogP contribution >= 0.6 is 0 Å². The molecular weight excluding hydrogens is 220 g/mol. The number of carbonyl (C=O) groups excluding carboxylic acids is 2. The maximum Gasteiger partial charge on any atom is 0.328 e. The van der Waals surface area contributed by atoms with Crippen molar-refractivity contribution in [2.75, 3.05) is 20.2 Å². The normalized spacial score (nSPS) is 22.0. The van der Waals surface area contributed by atoms with Crippen LogP contribution in [0.1, 0.15) is 26.7 Å². The summed E-state index contributed by atoms with van der Waals surface area (Å²) in [5, 5.41) is 5.97. The number of ether oxygens (including phenoxy) is 1. The van der Waals surface area contributed by atoms with E-state index >= 15 is 0 Å². The van der Waals surface area contributed by atoms with E-state index in [9.17, 15) is 9.59 Å². The Bertz CT molecular complexity index is 273. The number of rotatable bonds is 4. The van der Waals surface area contributed by atoms with Gasteiger partial charge in [0.2, 0.25) is 5.91 Å². The van der Waals surface area contributed by atoms with E-state index < -0.39 is 6.04 Å². The lowest BCUT2D eigenvalue weighted by Gasteiger charge is -2.26. The third-order valence-electron chi connectivity index (χ3n) is 3.09. The second kappa shape index (κ2) is 6.59. The fourth-order valence-corrected chi connectivity index (χ4v) is 1.97. The second-order valence-corrected chi connectivity index (χ2v) is 4.80. The van der Waals surface area contributed by atoms with E-state index in [1.165, 1.54) is 7.11 Å². The quantitative estimate of drug-likeness (QED) is 0.696. The molecule has 1 amide bonds. The zero-order valence-electron chi connectivity index (χ0n) is 10.8. The summed E-state index contributed by atoms with van der Waals surface area (Å²) in [6.45, 7) is 5.44. The van der Waals surface area contributed by atoms with Gasteiger partial charge in [-0.1, -0.05) is 13.8 Å². The summed E-state index contributed by atoms with van der Waals surface area (Å²) in [6, 6.07) is -0.547. The number of methoxy groups -OCH3 is 1. The lowest BCUT2D eigenvalue weighted by Crippen LogP contribution is -2.49. The Morgan fingerprint density at radius 2 is 2.12 bits per heavy atom. The molecule has 1 aliphatic rings. The van der Waals surface area contributed by atoms with Gasteiger partial charge in [0.05, 0.1) is 13.0 Å². The molecule has 0 spiro atoms. The molecule has 1 unspecified atom stereocenters. The lowest BCUT2D eigenvalue weighted by molar-refractivity contribution is -0.147. The van der Waals surface area contributed by atoms with Crippen LogP contribution in [0.3, 0.4) is 0 Å². The van der Waals surface area contributed by atoms with Gasteiger partial charge in [0.1, 0.15) is 6.04 Å². The highest BCUT2D eigenvalue weighted by atomic mass is 16.5. The average molecular weight is 242 g/mol. The summed E-state index contributed by atoms with van der Waals surface area (Å²) in [5.74, 6) is -0.434. The van der Waals surface area contributed by atoms with Gasteiger partial charge >= 0.3 is 5.97 Å². The van der Waals surface area contributed by atoms with Crippen molar-refractivity contribution in [3.63, 3.8) is 0 Å². The molecule has 5 heteroatoms. The van der Waals surface area contributed by atoms with Gasteiger partial charge in [-0.25, -0.2) is 4.79 Å². The second-order valence-electron chi connectivity index (χ2n) is 4.80. The van der Waals surface area contributed by atoms with Gasteiger partial charge < -0.3 is 15.4 Å². The monoisotopic (exact) mass is 242 g/mol. The SMILES string of the molecule is COC(=O)C(NC(=O)[C@@H]1CCCNC1)C(C)C. The van der Waals surface area contributed by atoms with Gasteiger partial charge in [-0.2, -0.15) is 0 Å². The molecule has 17 heavy (non-hydrogen) atoms. The first-order chi connectivity index (χ1) is 8.06. The number of hydrogen-bond acceptors (Lipinski definition) is 4. The van der Waals surface area contributed by atoms with Crippen LogP contribution in [0.15, 0.2) is 0 Å². The molecule has 0 aromatic carbocycles. The third kappa shape index (κ3) is 4.00. The number of hydrogen-bond donors (Lipinski definition) is 2. The van der Waals surface area contributed by atoms with E-state index in [1.807, 2.05) is 13.8 Å². The Hall–Kier alpha value is -1.10. The fourth-order valence-electron chi connectivity index (χ4n) is 1.97. The summed E-state index contributed by atoms with van der Waals surface area (Å²) in [4.78, 5) is 23.5. The molecule has 0 radical (unpaired) electrons. The van der Waals surface area contributed by atoms with E-state index in [1.54, 1.807) is 0 Å². The molecule has 0 aliphatic carbocycles. The summed E-state index contributed by atoms with van der Waals surface area (Å²) >= 11 is 0. The highest BCUT2D eigenvalue weighted by molar-refractivity contribution is 5.86. The van der Waals surface area contributed by atoms with Crippen LogP contribution in [0.4, 0.5) is 0 Å². The minimum absolute atomic E-state index is 0.0305. The minimum Gasteiger partial charge on any atom is -0.467 e. The van der Waals surface area contributed by atoms with Gasteiger partial charge in [-0.3, -0.25) is 4.79 Å². The lowest BCUT2D eigenvalue weighted by atomic mass is 9.97. The van der Waals surface area contributed by atoms with Gasteiger partial charge in [0.25, 0.3) is 0 Å². The zero-order chi connectivity index (χ0) is 12.8. The third-order valence-corrected chi connectivity index (χ3v) is 3.09. The molecule has 1 saturated heterocycles. The first-order valence-corrected chi connectivity index (χ1v) is 6.15. The maximum absolute atomic E-state index is 12.0. The van der Waals surface area contributed by atoms with Crippen LogP contribution in [-0.2, 0) is 14.3 Å². The topological polar surface area (TPSA) is 67.4 Å². The number of amides is 1. The van der Waals surface area contributed by atoms with Crippen molar-refractivity contribution >= 4 is 11.9 Å². The number of esters is 1.